The molecule has 3 rings (SSSR count). The first kappa shape index (κ1) is 30.7. The average Bonchev–Trinajstić information content (AvgIpc) is 2.95. The molecule has 0 radical (unpaired) electrons. The monoisotopic (exact) mass is 538 g/mol. The minimum Gasteiger partial charge on any atom is -0.490 e. The van der Waals surface area contributed by atoms with E-state index >= 15 is 0 Å². The summed E-state index contributed by atoms with van der Waals surface area (Å²) in [4.78, 5) is 12.6. The lowest BCUT2D eigenvalue weighted by Crippen LogP contribution is -2.25. The molecule has 2 aromatic rings. The van der Waals surface area contributed by atoms with Gasteiger partial charge in [0.05, 0.1) is 18.1 Å². The van der Waals surface area contributed by atoms with Crippen molar-refractivity contribution in [2.45, 2.75) is 104 Å². The largest absolute Gasteiger partial charge is 0.490 e. The van der Waals surface area contributed by atoms with Gasteiger partial charge in [0.15, 0.2) is 11.6 Å². The summed E-state index contributed by atoms with van der Waals surface area (Å²) in [5.41, 5.74) is 0.589. The van der Waals surface area contributed by atoms with Crippen molar-refractivity contribution in [1.29, 1.82) is 0 Å². The van der Waals surface area contributed by atoms with Gasteiger partial charge in [-0.05, 0) is 74.4 Å². The highest BCUT2D eigenvalue weighted by Crippen LogP contribution is 2.33. The predicted octanol–water partition coefficient (Wildman–Crippen LogP) is 9.40. The van der Waals surface area contributed by atoms with Crippen LogP contribution >= 0.6 is 0 Å². The zero-order chi connectivity index (χ0) is 27.9. The number of rotatable bonds is 14. The summed E-state index contributed by atoms with van der Waals surface area (Å²) in [5.74, 6) is 4.46. The summed E-state index contributed by atoms with van der Waals surface area (Å²) in [5, 5.41) is 0. The third kappa shape index (κ3) is 10.3. The fraction of sp³-hybridized carbons (Fsp3) is 0.559. The van der Waals surface area contributed by atoms with Crippen LogP contribution in [0, 0.1) is 35.3 Å². The molecule has 0 heterocycles. The molecule has 1 aliphatic carbocycles. The van der Waals surface area contributed by atoms with Crippen LogP contribution in [-0.4, -0.2) is 12.6 Å². The van der Waals surface area contributed by atoms with Gasteiger partial charge >= 0.3 is 5.97 Å². The van der Waals surface area contributed by atoms with Gasteiger partial charge in [0.2, 0.25) is 5.82 Å². The topological polar surface area (TPSA) is 35.5 Å². The van der Waals surface area contributed by atoms with E-state index in [0.717, 1.165) is 50.9 Å². The van der Waals surface area contributed by atoms with Crippen molar-refractivity contribution in [2.24, 2.45) is 11.8 Å². The first-order valence-electron chi connectivity index (χ1n) is 15.0. The van der Waals surface area contributed by atoms with Gasteiger partial charge in [-0.15, -0.1) is 0 Å². The molecule has 0 spiro atoms. The van der Waals surface area contributed by atoms with E-state index in [1.165, 1.54) is 57.1 Å². The number of hydrogen-bond donors (Lipinski definition) is 0. The minimum atomic E-state index is -1.01. The van der Waals surface area contributed by atoms with E-state index in [4.69, 9.17) is 9.47 Å². The molecule has 3 nitrogen and oxygen atoms in total. The summed E-state index contributed by atoms with van der Waals surface area (Å²) in [6.45, 7) is 4.76. The van der Waals surface area contributed by atoms with Crippen LogP contribution in [0.5, 0.6) is 11.5 Å². The van der Waals surface area contributed by atoms with Crippen molar-refractivity contribution in [2.75, 3.05) is 6.61 Å². The standard InChI is InChI=1S/C34H44F2O3/c1-3-5-7-8-9-11-25-38-31-24-21-28(32(35)33(31)36)18-13-27-16-22-30(23-17-27)39-34(37)29-19-14-26(15-20-29)12-10-6-4-2/h16-17,21-24,26,29H,3-12,14-15,19-20,25H2,1-2H3. The molecule has 5 heteroatoms. The van der Waals surface area contributed by atoms with Gasteiger partial charge in [0, 0.05) is 5.56 Å². The molecule has 0 N–H and O–H groups in total. The molecule has 0 aliphatic heterocycles. The Bertz CT molecular complexity index is 1080. The molecule has 1 saturated carbocycles. The lowest BCUT2D eigenvalue weighted by molar-refractivity contribution is -0.140. The Kier molecular flexibility index (Phi) is 13.3. The van der Waals surface area contributed by atoms with Crippen LogP contribution in [-0.2, 0) is 4.79 Å². The number of ether oxygens (including phenoxy) is 2. The van der Waals surface area contributed by atoms with Crippen LogP contribution in [0.3, 0.4) is 0 Å². The molecule has 0 saturated heterocycles. The molecule has 0 amide bonds. The molecule has 0 atom stereocenters. The molecule has 39 heavy (non-hydrogen) atoms. The summed E-state index contributed by atoms with van der Waals surface area (Å²) in [7, 11) is 0. The van der Waals surface area contributed by atoms with Gasteiger partial charge in [-0.2, -0.15) is 4.39 Å². The van der Waals surface area contributed by atoms with E-state index in [9.17, 15) is 13.6 Å². The molecule has 1 aliphatic rings. The second-order valence-electron chi connectivity index (χ2n) is 10.8. The number of carbonyl (C=O) groups is 1. The van der Waals surface area contributed by atoms with E-state index in [-0.39, 0.29) is 23.2 Å². The maximum Gasteiger partial charge on any atom is 0.314 e. The van der Waals surface area contributed by atoms with Crippen molar-refractivity contribution < 1.29 is 23.0 Å². The van der Waals surface area contributed by atoms with E-state index in [0.29, 0.717) is 17.9 Å². The summed E-state index contributed by atoms with van der Waals surface area (Å²) in [6.07, 6.45) is 15.6. The van der Waals surface area contributed by atoms with Gasteiger partial charge in [0.1, 0.15) is 5.75 Å². The molecule has 212 valence electrons. The SMILES string of the molecule is CCCCCCCCOc1ccc(C#Cc2ccc(OC(=O)C3CCC(CCCCC)CC3)cc2)c(F)c1F. The maximum atomic E-state index is 14.6. The summed E-state index contributed by atoms with van der Waals surface area (Å²) >= 11 is 0. The van der Waals surface area contributed by atoms with E-state index in [1.807, 2.05) is 0 Å². The quantitative estimate of drug-likeness (QED) is 0.104. The minimum absolute atomic E-state index is 0.0276. The second-order valence-corrected chi connectivity index (χ2v) is 10.8. The van der Waals surface area contributed by atoms with Crippen molar-refractivity contribution in [1.82, 2.24) is 0 Å². The predicted molar refractivity (Wildman–Crippen MR) is 153 cm³/mol. The lowest BCUT2D eigenvalue weighted by Gasteiger charge is -2.27. The van der Waals surface area contributed by atoms with Crippen molar-refractivity contribution >= 4 is 5.97 Å². The van der Waals surface area contributed by atoms with E-state index in [2.05, 4.69) is 25.7 Å². The fourth-order valence-corrected chi connectivity index (χ4v) is 5.12. The number of halogens is 2. The third-order valence-corrected chi connectivity index (χ3v) is 7.61. The van der Waals surface area contributed by atoms with Crippen LogP contribution in [0.15, 0.2) is 36.4 Å². The molecule has 1 fully saturated rings. The molecule has 0 bridgehead atoms. The first-order chi connectivity index (χ1) is 19.0. The van der Waals surface area contributed by atoms with Gasteiger partial charge in [-0.1, -0.05) is 83.5 Å². The second kappa shape index (κ2) is 17.0. The lowest BCUT2D eigenvalue weighted by atomic mass is 9.80. The Balaban J connectivity index is 1.46. The van der Waals surface area contributed by atoms with Crippen LogP contribution in [0.4, 0.5) is 8.78 Å². The average molecular weight is 539 g/mol. The van der Waals surface area contributed by atoms with Crippen molar-refractivity contribution in [3.63, 3.8) is 0 Å². The molecule has 0 aromatic heterocycles. The highest BCUT2D eigenvalue weighted by molar-refractivity contribution is 5.75. The number of hydrogen-bond acceptors (Lipinski definition) is 3. The Morgan fingerprint density at radius 2 is 1.46 bits per heavy atom. The number of esters is 1. The highest BCUT2D eigenvalue weighted by atomic mass is 19.2. The van der Waals surface area contributed by atoms with Crippen molar-refractivity contribution in [3.05, 3.63) is 59.2 Å². The Labute approximate surface area is 233 Å². The zero-order valence-electron chi connectivity index (χ0n) is 23.7. The number of benzene rings is 2. The van der Waals surface area contributed by atoms with Crippen LogP contribution in [0.25, 0.3) is 0 Å². The molecular formula is C34H44F2O3. The van der Waals surface area contributed by atoms with E-state index in [1.54, 1.807) is 24.3 Å². The Morgan fingerprint density at radius 3 is 2.18 bits per heavy atom. The van der Waals surface area contributed by atoms with E-state index < -0.39 is 11.6 Å². The van der Waals surface area contributed by atoms with Crippen LogP contribution in [0.2, 0.25) is 0 Å². The Hall–Kier alpha value is -2.87. The molecular weight excluding hydrogens is 494 g/mol. The third-order valence-electron chi connectivity index (χ3n) is 7.61. The molecule has 2 aromatic carbocycles. The molecule has 0 unspecified atom stereocenters. The normalized spacial score (nSPS) is 16.8. The van der Waals surface area contributed by atoms with Gasteiger partial charge in [-0.3, -0.25) is 4.79 Å². The zero-order valence-corrected chi connectivity index (χ0v) is 23.7. The highest BCUT2D eigenvalue weighted by Gasteiger charge is 2.27. The Morgan fingerprint density at radius 1 is 0.795 bits per heavy atom. The summed E-state index contributed by atoms with van der Waals surface area (Å²) < 4.78 is 40.1. The van der Waals surface area contributed by atoms with Crippen LogP contribution in [0.1, 0.15) is 115 Å². The summed E-state index contributed by atoms with van der Waals surface area (Å²) in [6, 6.07) is 9.68. The first-order valence-corrected chi connectivity index (χ1v) is 15.0. The van der Waals surface area contributed by atoms with Gasteiger partial charge < -0.3 is 9.47 Å². The number of carbonyl (C=O) groups excluding carboxylic acids is 1. The smallest absolute Gasteiger partial charge is 0.314 e. The van der Waals surface area contributed by atoms with Crippen LogP contribution < -0.4 is 9.47 Å². The fourth-order valence-electron chi connectivity index (χ4n) is 5.12. The van der Waals surface area contributed by atoms with Crippen molar-refractivity contribution in [3.8, 4) is 23.3 Å². The maximum absolute atomic E-state index is 14.6. The van der Waals surface area contributed by atoms with Gasteiger partial charge in [-0.25, -0.2) is 4.39 Å². The van der Waals surface area contributed by atoms with Gasteiger partial charge in [0.25, 0.3) is 0 Å². The number of unbranched alkanes of at least 4 members (excludes halogenated alkanes) is 7.